The number of nitrogen functional groups attached to an aromatic ring is 1. The molecule has 28 heavy (non-hydrogen) atoms. The number of hydrogen-bond donors (Lipinski definition) is 2. The van der Waals surface area contributed by atoms with Crippen LogP contribution in [0.3, 0.4) is 0 Å². The van der Waals surface area contributed by atoms with Gasteiger partial charge >= 0.3 is 0 Å². The topological polar surface area (TPSA) is 139 Å². The van der Waals surface area contributed by atoms with Gasteiger partial charge in [-0.25, -0.2) is 18.1 Å². The summed E-state index contributed by atoms with van der Waals surface area (Å²) in [4.78, 5) is 13.0. The highest BCUT2D eigenvalue weighted by atomic mass is 32.2. The van der Waals surface area contributed by atoms with Crippen molar-refractivity contribution in [2.75, 3.05) is 5.73 Å². The molecule has 2 aromatic heterocycles. The Morgan fingerprint density at radius 3 is 2.71 bits per heavy atom. The fraction of sp³-hybridized carbons (Fsp3) is 0.333. The molecule has 1 aliphatic rings. The van der Waals surface area contributed by atoms with Crippen molar-refractivity contribution in [1.82, 2.24) is 24.1 Å². The molecule has 3 aromatic rings. The lowest BCUT2D eigenvalue weighted by atomic mass is 9.82. The first-order chi connectivity index (χ1) is 13.3. The molecule has 0 saturated heterocycles. The van der Waals surface area contributed by atoms with E-state index in [-0.39, 0.29) is 22.8 Å². The average Bonchev–Trinajstić information content (AvgIpc) is 3.02. The van der Waals surface area contributed by atoms with Crippen LogP contribution in [0.2, 0.25) is 0 Å². The SMILES string of the molecule is Cc1nc(N)n2cc(-c3cc(S(=O)(=O)N[C@H]4C[C@H](C#N)C4)ccc3C)nc2n1. The summed E-state index contributed by atoms with van der Waals surface area (Å²) in [5.41, 5.74) is 8.04. The van der Waals surface area contributed by atoms with Gasteiger partial charge in [0.1, 0.15) is 5.82 Å². The number of anilines is 1. The molecule has 0 bridgehead atoms. The number of sulfonamides is 1. The molecule has 2 heterocycles. The Morgan fingerprint density at radius 2 is 2.00 bits per heavy atom. The van der Waals surface area contributed by atoms with Crippen LogP contribution in [0.1, 0.15) is 24.2 Å². The van der Waals surface area contributed by atoms with Crippen molar-refractivity contribution in [3.63, 3.8) is 0 Å². The first-order valence-electron chi connectivity index (χ1n) is 8.79. The number of nitriles is 1. The monoisotopic (exact) mass is 397 g/mol. The van der Waals surface area contributed by atoms with Crippen molar-refractivity contribution in [3.05, 3.63) is 35.8 Å². The third kappa shape index (κ3) is 3.19. The predicted molar refractivity (Wildman–Crippen MR) is 103 cm³/mol. The summed E-state index contributed by atoms with van der Waals surface area (Å²) in [6.07, 6.45) is 2.77. The van der Waals surface area contributed by atoms with Gasteiger partial charge in [-0.15, -0.1) is 0 Å². The van der Waals surface area contributed by atoms with Crippen LogP contribution in [0.15, 0.2) is 29.3 Å². The minimum absolute atomic E-state index is 0.0747. The summed E-state index contributed by atoms with van der Waals surface area (Å²) in [5.74, 6) is 1.11. The van der Waals surface area contributed by atoms with E-state index in [0.717, 1.165) is 5.56 Å². The van der Waals surface area contributed by atoms with Gasteiger partial charge in [-0.1, -0.05) is 6.07 Å². The van der Waals surface area contributed by atoms with E-state index in [0.29, 0.717) is 35.7 Å². The number of aromatic nitrogens is 4. The van der Waals surface area contributed by atoms with Crippen molar-refractivity contribution < 1.29 is 8.42 Å². The second kappa shape index (κ2) is 6.54. The Labute approximate surface area is 162 Å². The molecule has 10 heteroatoms. The summed E-state index contributed by atoms with van der Waals surface area (Å²) < 4.78 is 29.7. The third-order valence-electron chi connectivity index (χ3n) is 4.91. The van der Waals surface area contributed by atoms with Gasteiger partial charge in [0, 0.05) is 23.7 Å². The smallest absolute Gasteiger partial charge is 0.240 e. The van der Waals surface area contributed by atoms with Gasteiger partial charge in [-0.2, -0.15) is 15.2 Å². The van der Waals surface area contributed by atoms with E-state index in [9.17, 15) is 8.42 Å². The number of nitrogens with zero attached hydrogens (tertiary/aromatic N) is 5. The van der Waals surface area contributed by atoms with Crippen molar-refractivity contribution in [2.24, 2.45) is 5.92 Å². The highest BCUT2D eigenvalue weighted by Crippen LogP contribution is 2.30. The van der Waals surface area contributed by atoms with Gasteiger partial charge in [0.15, 0.2) is 0 Å². The molecule has 144 valence electrons. The molecule has 0 radical (unpaired) electrons. The second-order valence-corrected chi connectivity index (χ2v) is 8.73. The van der Waals surface area contributed by atoms with Gasteiger partial charge in [0.05, 0.1) is 16.7 Å². The molecule has 9 nitrogen and oxygen atoms in total. The van der Waals surface area contributed by atoms with Crippen LogP contribution in [0.5, 0.6) is 0 Å². The maximum atomic E-state index is 12.7. The number of rotatable bonds is 4. The molecule has 0 atom stereocenters. The minimum atomic E-state index is -3.69. The molecule has 1 aliphatic carbocycles. The molecule has 0 amide bonds. The van der Waals surface area contributed by atoms with E-state index in [1.54, 1.807) is 35.7 Å². The van der Waals surface area contributed by atoms with Crippen LogP contribution < -0.4 is 10.5 Å². The maximum Gasteiger partial charge on any atom is 0.240 e. The zero-order chi connectivity index (χ0) is 20.1. The van der Waals surface area contributed by atoms with E-state index in [4.69, 9.17) is 11.0 Å². The number of benzene rings is 1. The van der Waals surface area contributed by atoms with Gasteiger partial charge in [-0.3, -0.25) is 4.40 Å². The summed E-state index contributed by atoms with van der Waals surface area (Å²) in [6.45, 7) is 3.61. The van der Waals surface area contributed by atoms with E-state index < -0.39 is 10.0 Å². The lowest BCUT2D eigenvalue weighted by molar-refractivity contribution is 0.308. The standard InChI is InChI=1S/C18H19N7O2S/c1-10-3-4-14(28(26,27)24-13-5-12(6-13)8-19)7-15(10)16-9-25-17(20)21-11(2)22-18(25)23-16/h3-4,7,9,12-13,24H,5-6H2,1-2H3,(H2,20,21,22,23)/t12-,13-. The first-order valence-corrected chi connectivity index (χ1v) is 10.3. The van der Waals surface area contributed by atoms with Crippen molar-refractivity contribution in [1.29, 1.82) is 5.26 Å². The molecule has 1 saturated carbocycles. The van der Waals surface area contributed by atoms with E-state index in [1.165, 1.54) is 0 Å². The first kappa shape index (κ1) is 18.3. The molecular formula is C18H19N7O2S. The maximum absolute atomic E-state index is 12.7. The van der Waals surface area contributed by atoms with Crippen LogP contribution in [0.25, 0.3) is 17.0 Å². The zero-order valence-electron chi connectivity index (χ0n) is 15.4. The van der Waals surface area contributed by atoms with Crippen LogP contribution in [0, 0.1) is 31.1 Å². The number of fused-ring (bicyclic) bond motifs is 1. The van der Waals surface area contributed by atoms with Crippen molar-refractivity contribution >= 4 is 21.7 Å². The Kier molecular flexibility index (Phi) is 4.28. The van der Waals surface area contributed by atoms with Crippen molar-refractivity contribution in [2.45, 2.75) is 37.6 Å². The number of aryl methyl sites for hydroxylation is 2. The Balaban J connectivity index is 1.70. The summed E-state index contributed by atoms with van der Waals surface area (Å²) in [7, 11) is -3.69. The molecule has 0 spiro atoms. The predicted octanol–water partition coefficient (Wildman–Crippen LogP) is 1.57. The van der Waals surface area contributed by atoms with E-state index in [2.05, 4.69) is 25.7 Å². The largest absolute Gasteiger partial charge is 0.369 e. The molecule has 4 rings (SSSR count). The highest BCUT2D eigenvalue weighted by molar-refractivity contribution is 7.89. The highest BCUT2D eigenvalue weighted by Gasteiger charge is 2.32. The molecule has 1 fully saturated rings. The second-order valence-electron chi connectivity index (χ2n) is 7.02. The van der Waals surface area contributed by atoms with E-state index >= 15 is 0 Å². The molecular weight excluding hydrogens is 378 g/mol. The minimum Gasteiger partial charge on any atom is -0.369 e. The van der Waals surface area contributed by atoms with Crippen LogP contribution >= 0.6 is 0 Å². The summed E-state index contributed by atoms with van der Waals surface area (Å²) in [6, 6.07) is 6.85. The summed E-state index contributed by atoms with van der Waals surface area (Å²) >= 11 is 0. The van der Waals surface area contributed by atoms with Gasteiger partial charge < -0.3 is 5.73 Å². The van der Waals surface area contributed by atoms with Gasteiger partial charge in [0.2, 0.25) is 21.7 Å². The molecule has 0 aliphatic heterocycles. The fourth-order valence-electron chi connectivity index (χ4n) is 3.29. The Hall–Kier alpha value is -3.03. The van der Waals surface area contributed by atoms with Crippen LogP contribution in [-0.2, 0) is 10.0 Å². The molecule has 0 unspecified atom stereocenters. The quantitative estimate of drug-likeness (QED) is 0.681. The summed E-state index contributed by atoms with van der Waals surface area (Å²) in [5, 5.41) is 8.85. The van der Waals surface area contributed by atoms with Crippen molar-refractivity contribution in [3.8, 4) is 17.3 Å². The number of nitrogens with one attached hydrogen (secondary N) is 1. The average molecular weight is 397 g/mol. The van der Waals surface area contributed by atoms with Gasteiger partial charge in [0.25, 0.3) is 0 Å². The number of hydrogen-bond acceptors (Lipinski definition) is 7. The number of imidazole rings is 1. The lowest BCUT2D eigenvalue weighted by Crippen LogP contribution is -2.43. The normalized spacial score (nSPS) is 19.3. The number of nitrogens with two attached hydrogens (primary N) is 1. The van der Waals surface area contributed by atoms with Crippen LogP contribution in [0.4, 0.5) is 5.95 Å². The Bertz CT molecular complexity index is 1220. The lowest BCUT2D eigenvalue weighted by Gasteiger charge is -2.30. The zero-order valence-corrected chi connectivity index (χ0v) is 16.2. The van der Waals surface area contributed by atoms with Gasteiger partial charge in [-0.05, 0) is 44.4 Å². The Morgan fingerprint density at radius 1 is 1.25 bits per heavy atom. The molecule has 1 aromatic carbocycles. The molecule has 3 N–H and O–H groups in total. The van der Waals surface area contributed by atoms with Crippen LogP contribution in [-0.4, -0.2) is 33.8 Å². The third-order valence-corrected chi connectivity index (χ3v) is 6.43. The fourth-order valence-corrected chi connectivity index (χ4v) is 4.58. The van der Waals surface area contributed by atoms with E-state index in [1.807, 2.05) is 6.92 Å².